The Morgan fingerprint density at radius 2 is 1.51 bits per heavy atom. The van der Waals surface area contributed by atoms with Crippen LogP contribution in [0, 0.1) is 5.92 Å². The highest BCUT2D eigenvalue weighted by Crippen LogP contribution is 2.29. The lowest BCUT2D eigenvalue weighted by molar-refractivity contribution is -0.129. The molecule has 0 unspecified atom stereocenters. The van der Waals surface area contributed by atoms with E-state index in [-0.39, 0.29) is 42.2 Å². The number of nitrogens with two attached hydrogens (primary N) is 1. The molecule has 11 heteroatoms. The molecule has 49 heavy (non-hydrogen) atoms. The van der Waals surface area contributed by atoms with E-state index in [0.717, 1.165) is 16.7 Å². The fourth-order valence-electron chi connectivity index (χ4n) is 5.84. The number of aliphatic hydroxyl groups excluding tert-OH is 1. The first-order valence-electron chi connectivity index (χ1n) is 16.6. The van der Waals surface area contributed by atoms with Crippen LogP contribution >= 0.6 is 0 Å². The summed E-state index contributed by atoms with van der Waals surface area (Å²) in [5.74, 6) is -1.06. The largest absolute Gasteiger partial charge is 0.399 e. The first kappa shape index (κ1) is 37.2. The van der Waals surface area contributed by atoms with Gasteiger partial charge in [-0.25, -0.2) is 8.42 Å². The van der Waals surface area contributed by atoms with E-state index in [1.165, 1.54) is 16.4 Å². The SMILES string of the molecule is CC(C)CN([C@H](CO)CCCCNC(=O)[C@@H](NC(=O)Cc1cccnc1)C(c1ccccc1)c1ccccc1)S(=O)(=O)c1ccc(N)cc1. The van der Waals surface area contributed by atoms with Crippen molar-refractivity contribution in [2.24, 2.45) is 5.92 Å². The fraction of sp³-hybridized carbons (Fsp3) is 0.342. The Morgan fingerprint density at radius 1 is 0.878 bits per heavy atom. The second-order valence-electron chi connectivity index (χ2n) is 12.5. The molecule has 4 aromatic rings. The van der Waals surface area contributed by atoms with Gasteiger partial charge in [-0.1, -0.05) is 87.0 Å². The molecule has 10 nitrogen and oxygen atoms in total. The van der Waals surface area contributed by atoms with Gasteiger partial charge in [-0.2, -0.15) is 4.31 Å². The number of nitrogen functional groups attached to an aromatic ring is 1. The van der Waals surface area contributed by atoms with Crippen molar-refractivity contribution in [2.45, 2.75) is 62.4 Å². The fourth-order valence-corrected chi connectivity index (χ4v) is 7.65. The van der Waals surface area contributed by atoms with Crippen LogP contribution in [0.25, 0.3) is 0 Å². The Labute approximate surface area is 289 Å². The van der Waals surface area contributed by atoms with Crippen molar-refractivity contribution in [3.8, 4) is 0 Å². The van der Waals surface area contributed by atoms with Crippen LogP contribution < -0.4 is 16.4 Å². The molecule has 0 aliphatic heterocycles. The number of anilines is 1. The summed E-state index contributed by atoms with van der Waals surface area (Å²) in [7, 11) is -3.88. The lowest BCUT2D eigenvalue weighted by atomic mass is 9.84. The minimum Gasteiger partial charge on any atom is -0.399 e. The number of unbranched alkanes of at least 4 members (excludes halogenated alkanes) is 1. The Hall–Kier alpha value is -4.58. The van der Waals surface area contributed by atoms with Gasteiger partial charge in [0.25, 0.3) is 0 Å². The minimum absolute atomic E-state index is 0.0318. The van der Waals surface area contributed by atoms with E-state index in [0.29, 0.717) is 31.5 Å². The Bertz CT molecular complexity index is 1670. The number of carbonyl (C=O) groups excluding carboxylic acids is 2. The third-order valence-corrected chi connectivity index (χ3v) is 10.2. The lowest BCUT2D eigenvalue weighted by Gasteiger charge is -2.31. The molecule has 0 saturated heterocycles. The molecular formula is C38H47N5O5S. The van der Waals surface area contributed by atoms with Gasteiger partial charge in [-0.3, -0.25) is 14.6 Å². The van der Waals surface area contributed by atoms with E-state index in [1.807, 2.05) is 80.6 Å². The smallest absolute Gasteiger partial charge is 0.243 e. The summed E-state index contributed by atoms with van der Waals surface area (Å²) in [5, 5.41) is 16.3. The van der Waals surface area contributed by atoms with Gasteiger partial charge in [0.1, 0.15) is 6.04 Å². The van der Waals surface area contributed by atoms with Gasteiger partial charge in [0.2, 0.25) is 21.8 Å². The van der Waals surface area contributed by atoms with E-state index in [9.17, 15) is 23.1 Å². The van der Waals surface area contributed by atoms with Crippen molar-refractivity contribution in [2.75, 3.05) is 25.4 Å². The summed E-state index contributed by atoms with van der Waals surface area (Å²) >= 11 is 0. The molecule has 3 aromatic carbocycles. The van der Waals surface area contributed by atoms with Crippen LogP contribution in [0.5, 0.6) is 0 Å². The molecule has 4 rings (SSSR count). The molecule has 1 heterocycles. The van der Waals surface area contributed by atoms with E-state index >= 15 is 0 Å². The maximum absolute atomic E-state index is 13.9. The van der Waals surface area contributed by atoms with Gasteiger partial charge in [0, 0.05) is 43.1 Å². The first-order chi connectivity index (χ1) is 23.6. The lowest BCUT2D eigenvalue weighted by Crippen LogP contribution is -2.51. The molecule has 0 radical (unpaired) electrons. The number of amides is 2. The highest BCUT2D eigenvalue weighted by atomic mass is 32.2. The predicted molar refractivity (Wildman–Crippen MR) is 192 cm³/mol. The zero-order chi connectivity index (χ0) is 35.2. The van der Waals surface area contributed by atoms with Crippen LogP contribution in [0.1, 0.15) is 55.7 Å². The van der Waals surface area contributed by atoms with Crippen LogP contribution in [-0.2, 0) is 26.0 Å². The average Bonchev–Trinajstić information content (AvgIpc) is 3.10. The van der Waals surface area contributed by atoms with Crippen LogP contribution in [0.4, 0.5) is 5.69 Å². The van der Waals surface area contributed by atoms with Gasteiger partial charge in [-0.05, 0) is 65.8 Å². The third kappa shape index (κ3) is 10.7. The number of sulfonamides is 1. The second kappa shape index (κ2) is 18.3. The zero-order valence-electron chi connectivity index (χ0n) is 28.1. The summed E-state index contributed by atoms with van der Waals surface area (Å²) in [5.41, 5.74) is 8.74. The van der Waals surface area contributed by atoms with Gasteiger partial charge in [0.15, 0.2) is 0 Å². The zero-order valence-corrected chi connectivity index (χ0v) is 28.9. The molecule has 5 N–H and O–H groups in total. The van der Waals surface area contributed by atoms with Gasteiger partial charge >= 0.3 is 0 Å². The van der Waals surface area contributed by atoms with Crippen molar-refractivity contribution in [3.05, 3.63) is 126 Å². The minimum atomic E-state index is -3.88. The summed E-state index contributed by atoms with van der Waals surface area (Å²) in [6, 6.07) is 27.3. The van der Waals surface area contributed by atoms with Crippen molar-refractivity contribution < 1.29 is 23.1 Å². The Balaban J connectivity index is 1.46. The highest BCUT2D eigenvalue weighted by Gasteiger charge is 2.33. The number of benzene rings is 3. The number of aromatic nitrogens is 1. The second-order valence-corrected chi connectivity index (χ2v) is 14.4. The number of aliphatic hydroxyl groups is 1. The topological polar surface area (TPSA) is 155 Å². The van der Waals surface area contributed by atoms with E-state index in [2.05, 4.69) is 15.6 Å². The molecule has 0 saturated carbocycles. The molecule has 260 valence electrons. The average molecular weight is 686 g/mol. The summed E-state index contributed by atoms with van der Waals surface area (Å²) in [6.45, 7) is 4.07. The molecule has 0 spiro atoms. The number of carbonyl (C=O) groups is 2. The number of hydrogen-bond acceptors (Lipinski definition) is 7. The third-order valence-electron chi connectivity index (χ3n) is 8.25. The summed E-state index contributed by atoms with van der Waals surface area (Å²) in [6.07, 6.45) is 4.83. The Kier molecular flexibility index (Phi) is 13.9. The van der Waals surface area contributed by atoms with Crippen LogP contribution in [-0.4, -0.2) is 66.4 Å². The molecule has 2 atom stereocenters. The number of nitrogens with one attached hydrogen (secondary N) is 2. The number of nitrogens with zero attached hydrogens (tertiary/aromatic N) is 2. The van der Waals surface area contributed by atoms with Crippen molar-refractivity contribution in [1.82, 2.24) is 19.9 Å². The maximum Gasteiger partial charge on any atom is 0.243 e. The van der Waals surface area contributed by atoms with E-state index < -0.39 is 28.0 Å². The monoisotopic (exact) mass is 685 g/mol. The van der Waals surface area contributed by atoms with Crippen molar-refractivity contribution in [3.63, 3.8) is 0 Å². The van der Waals surface area contributed by atoms with Gasteiger partial charge in [0.05, 0.1) is 17.9 Å². The number of rotatable bonds is 18. The summed E-state index contributed by atoms with van der Waals surface area (Å²) < 4.78 is 28.6. The molecule has 0 fully saturated rings. The summed E-state index contributed by atoms with van der Waals surface area (Å²) in [4.78, 5) is 31.5. The van der Waals surface area contributed by atoms with Gasteiger partial charge in [-0.15, -0.1) is 0 Å². The molecule has 0 aliphatic rings. The number of pyridine rings is 1. The van der Waals surface area contributed by atoms with Crippen molar-refractivity contribution in [1.29, 1.82) is 0 Å². The molecular weight excluding hydrogens is 639 g/mol. The molecule has 0 aliphatic carbocycles. The van der Waals surface area contributed by atoms with Crippen LogP contribution in [0.15, 0.2) is 114 Å². The molecule has 0 bridgehead atoms. The predicted octanol–water partition coefficient (Wildman–Crippen LogP) is 4.52. The van der Waals surface area contributed by atoms with E-state index in [1.54, 1.807) is 30.6 Å². The Morgan fingerprint density at radius 3 is 2.06 bits per heavy atom. The maximum atomic E-state index is 13.9. The first-order valence-corrected chi connectivity index (χ1v) is 18.1. The standard InChI is InChI=1S/C38H47N5O5S/c1-28(2)26-43(49(47,48)34-20-18-32(39)19-21-34)33(27-44)17-9-10-23-41-38(46)37(42-35(45)24-29-12-11-22-40-25-29)36(30-13-5-3-6-14-30)31-15-7-4-8-16-31/h3-8,11-16,18-22,25,28,33,36-37,44H,9-10,17,23-24,26-27,39H2,1-2H3,(H,41,46)(H,42,45)/t33-,37-/m0/s1. The van der Waals surface area contributed by atoms with E-state index in [4.69, 9.17) is 5.73 Å². The van der Waals surface area contributed by atoms with Crippen LogP contribution in [0.2, 0.25) is 0 Å². The van der Waals surface area contributed by atoms with Gasteiger partial charge < -0.3 is 21.5 Å². The molecule has 2 amide bonds. The highest BCUT2D eigenvalue weighted by molar-refractivity contribution is 7.89. The number of hydrogen-bond donors (Lipinski definition) is 4. The quantitative estimate of drug-likeness (QED) is 0.0887. The molecule has 1 aromatic heterocycles. The van der Waals surface area contributed by atoms with Crippen molar-refractivity contribution >= 4 is 27.5 Å². The normalized spacial score (nSPS) is 12.9. The van der Waals surface area contributed by atoms with Crippen LogP contribution in [0.3, 0.4) is 0 Å².